The SMILES string of the molecule is CC[C@@H]1CC[C@@]12O[C@@H](OC(C)=O)C(OC(C)=O)[C@H]2OC(C)=O. The first-order chi connectivity index (χ1) is 10.3. The second-order valence-corrected chi connectivity index (χ2v) is 5.80. The quantitative estimate of drug-likeness (QED) is 0.571. The molecule has 0 aromatic rings. The van der Waals surface area contributed by atoms with E-state index in [4.69, 9.17) is 18.9 Å². The van der Waals surface area contributed by atoms with Gasteiger partial charge in [-0.15, -0.1) is 0 Å². The Balaban J connectivity index is 2.31. The highest BCUT2D eigenvalue weighted by atomic mass is 16.8. The van der Waals surface area contributed by atoms with Crippen LogP contribution in [0.4, 0.5) is 0 Å². The van der Waals surface area contributed by atoms with Crippen LogP contribution < -0.4 is 0 Å². The summed E-state index contributed by atoms with van der Waals surface area (Å²) in [6.45, 7) is 5.80. The summed E-state index contributed by atoms with van der Waals surface area (Å²) < 4.78 is 21.7. The maximum atomic E-state index is 11.5. The van der Waals surface area contributed by atoms with E-state index in [0.717, 1.165) is 12.8 Å². The molecular weight excluding hydrogens is 292 g/mol. The predicted molar refractivity (Wildman–Crippen MR) is 73.5 cm³/mol. The van der Waals surface area contributed by atoms with Crippen molar-refractivity contribution in [2.75, 3.05) is 0 Å². The predicted octanol–water partition coefficient (Wildman–Crippen LogP) is 1.33. The summed E-state index contributed by atoms with van der Waals surface area (Å²) >= 11 is 0. The number of rotatable bonds is 4. The normalized spacial score (nSPS) is 36.5. The van der Waals surface area contributed by atoms with Gasteiger partial charge in [0.05, 0.1) is 0 Å². The molecule has 1 aliphatic carbocycles. The Kier molecular flexibility index (Phi) is 4.75. The zero-order valence-electron chi connectivity index (χ0n) is 13.3. The van der Waals surface area contributed by atoms with Crippen molar-refractivity contribution >= 4 is 17.9 Å². The summed E-state index contributed by atoms with van der Waals surface area (Å²) in [6, 6.07) is 0. The van der Waals surface area contributed by atoms with E-state index in [2.05, 4.69) is 0 Å². The van der Waals surface area contributed by atoms with Crippen LogP contribution in [-0.2, 0) is 33.3 Å². The lowest BCUT2D eigenvalue weighted by molar-refractivity contribution is -0.232. The van der Waals surface area contributed by atoms with Crippen LogP contribution in [0.3, 0.4) is 0 Å². The van der Waals surface area contributed by atoms with E-state index < -0.39 is 42.0 Å². The van der Waals surface area contributed by atoms with Gasteiger partial charge in [0.25, 0.3) is 0 Å². The molecule has 22 heavy (non-hydrogen) atoms. The Labute approximate surface area is 129 Å². The van der Waals surface area contributed by atoms with Gasteiger partial charge in [-0.25, -0.2) is 0 Å². The zero-order chi connectivity index (χ0) is 16.5. The molecule has 7 heteroatoms. The molecule has 1 unspecified atom stereocenters. The molecule has 2 rings (SSSR count). The molecule has 0 bridgehead atoms. The second kappa shape index (κ2) is 6.24. The lowest BCUT2D eigenvalue weighted by Gasteiger charge is -2.48. The van der Waals surface area contributed by atoms with Gasteiger partial charge in [0.1, 0.15) is 5.60 Å². The summed E-state index contributed by atoms with van der Waals surface area (Å²) in [5, 5.41) is 0. The van der Waals surface area contributed by atoms with Gasteiger partial charge >= 0.3 is 17.9 Å². The minimum atomic E-state index is -1.06. The standard InChI is InChI=1S/C15H22O7/c1-5-11-6-7-15(11)13(20-9(3)17)12(19-8(2)16)14(22-15)21-10(4)18/h11-14H,5-7H2,1-4H3/t11-,12?,13-,14-,15-/m1/s1. The third kappa shape index (κ3) is 2.95. The highest BCUT2D eigenvalue weighted by Crippen LogP contribution is 2.53. The molecule has 1 aliphatic heterocycles. The van der Waals surface area contributed by atoms with Crippen LogP contribution in [0.5, 0.6) is 0 Å². The third-order valence-corrected chi connectivity index (χ3v) is 4.33. The Morgan fingerprint density at radius 1 is 1.05 bits per heavy atom. The molecule has 0 N–H and O–H groups in total. The van der Waals surface area contributed by atoms with E-state index in [9.17, 15) is 14.4 Å². The fraction of sp³-hybridized carbons (Fsp3) is 0.800. The fourth-order valence-corrected chi connectivity index (χ4v) is 3.39. The summed E-state index contributed by atoms with van der Waals surface area (Å²) in [4.78, 5) is 34.1. The molecule has 0 amide bonds. The first-order valence-corrected chi connectivity index (χ1v) is 7.49. The van der Waals surface area contributed by atoms with E-state index in [0.29, 0.717) is 6.42 Å². The smallest absolute Gasteiger partial charge is 0.305 e. The van der Waals surface area contributed by atoms with Crippen LogP contribution in [0.2, 0.25) is 0 Å². The molecule has 7 nitrogen and oxygen atoms in total. The summed E-state index contributed by atoms with van der Waals surface area (Å²) in [7, 11) is 0. The van der Waals surface area contributed by atoms with E-state index in [1.54, 1.807) is 0 Å². The van der Waals surface area contributed by atoms with Crippen molar-refractivity contribution in [2.45, 2.75) is 71.1 Å². The molecule has 0 radical (unpaired) electrons. The molecule has 2 aliphatic rings. The van der Waals surface area contributed by atoms with Crippen LogP contribution in [-0.4, -0.2) is 42.0 Å². The van der Waals surface area contributed by atoms with Crippen molar-refractivity contribution in [3.63, 3.8) is 0 Å². The third-order valence-electron chi connectivity index (χ3n) is 4.33. The molecule has 1 spiro atoms. The van der Waals surface area contributed by atoms with Crippen LogP contribution in [0.25, 0.3) is 0 Å². The maximum Gasteiger partial charge on any atom is 0.305 e. The lowest BCUT2D eigenvalue weighted by atomic mass is 9.65. The summed E-state index contributed by atoms with van der Waals surface area (Å²) in [6.07, 6.45) is -0.346. The van der Waals surface area contributed by atoms with Gasteiger partial charge in [0.15, 0.2) is 6.10 Å². The number of hydrogen-bond donors (Lipinski definition) is 0. The molecule has 5 atom stereocenters. The number of carbonyl (C=O) groups excluding carboxylic acids is 3. The van der Waals surface area contributed by atoms with E-state index in [1.165, 1.54) is 20.8 Å². The van der Waals surface area contributed by atoms with Crippen molar-refractivity contribution in [2.24, 2.45) is 5.92 Å². The van der Waals surface area contributed by atoms with Crippen LogP contribution >= 0.6 is 0 Å². The topological polar surface area (TPSA) is 88.1 Å². The largest absolute Gasteiger partial charge is 0.455 e. The molecule has 1 heterocycles. The van der Waals surface area contributed by atoms with Gasteiger partial charge < -0.3 is 18.9 Å². The summed E-state index contributed by atoms with van der Waals surface area (Å²) in [5.41, 5.74) is -0.749. The first-order valence-electron chi connectivity index (χ1n) is 7.49. The maximum absolute atomic E-state index is 11.5. The Morgan fingerprint density at radius 2 is 1.64 bits per heavy atom. The van der Waals surface area contributed by atoms with Crippen molar-refractivity contribution in [3.05, 3.63) is 0 Å². The molecule has 2 fully saturated rings. The Bertz CT molecular complexity index is 473. The number of ether oxygens (including phenoxy) is 4. The first kappa shape index (κ1) is 16.7. The average molecular weight is 314 g/mol. The van der Waals surface area contributed by atoms with Gasteiger partial charge in [-0.3, -0.25) is 14.4 Å². The Hall–Kier alpha value is -1.63. The van der Waals surface area contributed by atoms with Crippen LogP contribution in [0, 0.1) is 5.92 Å². The molecule has 124 valence electrons. The molecule has 1 saturated carbocycles. The lowest BCUT2D eigenvalue weighted by Crippen LogP contribution is -2.57. The van der Waals surface area contributed by atoms with Gasteiger partial charge in [0.2, 0.25) is 12.4 Å². The Morgan fingerprint density at radius 3 is 2.05 bits per heavy atom. The van der Waals surface area contributed by atoms with Crippen molar-refractivity contribution < 1.29 is 33.3 Å². The van der Waals surface area contributed by atoms with E-state index in [-0.39, 0.29) is 5.92 Å². The van der Waals surface area contributed by atoms with Gasteiger partial charge in [-0.05, 0) is 18.8 Å². The minimum absolute atomic E-state index is 0.162. The average Bonchev–Trinajstić information content (AvgIpc) is 2.64. The van der Waals surface area contributed by atoms with Crippen molar-refractivity contribution in [1.82, 2.24) is 0 Å². The molecule has 0 aromatic heterocycles. The highest BCUT2D eigenvalue weighted by molar-refractivity contribution is 5.68. The van der Waals surface area contributed by atoms with Gasteiger partial charge in [-0.2, -0.15) is 0 Å². The van der Waals surface area contributed by atoms with Crippen molar-refractivity contribution in [1.29, 1.82) is 0 Å². The monoisotopic (exact) mass is 314 g/mol. The van der Waals surface area contributed by atoms with E-state index in [1.807, 2.05) is 6.92 Å². The highest BCUT2D eigenvalue weighted by Gasteiger charge is 2.66. The van der Waals surface area contributed by atoms with Gasteiger partial charge in [0, 0.05) is 20.8 Å². The summed E-state index contributed by atoms with van der Waals surface area (Å²) in [5.74, 6) is -1.42. The molecular formula is C15H22O7. The fourth-order valence-electron chi connectivity index (χ4n) is 3.39. The van der Waals surface area contributed by atoms with Crippen molar-refractivity contribution in [3.8, 4) is 0 Å². The second-order valence-electron chi connectivity index (χ2n) is 5.80. The number of esters is 3. The van der Waals surface area contributed by atoms with E-state index >= 15 is 0 Å². The number of carbonyl (C=O) groups is 3. The van der Waals surface area contributed by atoms with Crippen LogP contribution in [0.1, 0.15) is 47.0 Å². The molecule has 0 aromatic carbocycles. The minimum Gasteiger partial charge on any atom is -0.455 e. The van der Waals surface area contributed by atoms with Gasteiger partial charge in [-0.1, -0.05) is 13.3 Å². The molecule has 1 saturated heterocycles. The number of hydrogen-bond acceptors (Lipinski definition) is 7. The van der Waals surface area contributed by atoms with Crippen LogP contribution in [0.15, 0.2) is 0 Å². The zero-order valence-corrected chi connectivity index (χ0v) is 13.3.